The summed E-state index contributed by atoms with van der Waals surface area (Å²) in [5, 5.41) is 0. The van der Waals surface area contributed by atoms with Gasteiger partial charge in [-0.15, -0.1) is 0 Å². The maximum Gasteiger partial charge on any atom is 0.267 e. The van der Waals surface area contributed by atoms with E-state index in [1.54, 1.807) is 25.5 Å². The van der Waals surface area contributed by atoms with Gasteiger partial charge in [0.1, 0.15) is 12.4 Å². The number of aromatic nitrogens is 1. The number of allylic oxidation sites excluding steroid dienone is 1. The minimum atomic E-state index is -2.88. The Kier molecular flexibility index (Phi) is 5.71. The van der Waals surface area contributed by atoms with Crippen LogP contribution in [0, 0.1) is 13.8 Å². The van der Waals surface area contributed by atoms with Crippen molar-refractivity contribution >= 4 is 17.7 Å². The Morgan fingerprint density at radius 2 is 2.16 bits per heavy atom. The van der Waals surface area contributed by atoms with Gasteiger partial charge in [-0.25, -0.2) is 8.78 Å². The SMILES string of the molecule is CN=C/C(=C\N)c1ccc(Cc2cc3c(c(C)c2C)OCC2CC(F)(F)CN2C3=O)cn1. The molecule has 0 saturated carbocycles. The minimum Gasteiger partial charge on any atom is -0.490 e. The molecule has 2 aliphatic heterocycles. The van der Waals surface area contributed by atoms with Gasteiger partial charge in [0, 0.05) is 37.7 Å². The van der Waals surface area contributed by atoms with Gasteiger partial charge in [-0.05, 0) is 54.7 Å². The average Bonchev–Trinajstić information content (AvgIpc) is 3.03. The number of fused-ring (bicyclic) bond motifs is 2. The Labute approximate surface area is 185 Å². The molecule has 0 radical (unpaired) electrons. The Morgan fingerprint density at radius 1 is 1.38 bits per heavy atom. The molecule has 3 heterocycles. The van der Waals surface area contributed by atoms with Crippen molar-refractivity contribution in [3.63, 3.8) is 0 Å². The zero-order valence-corrected chi connectivity index (χ0v) is 18.4. The van der Waals surface area contributed by atoms with Crippen molar-refractivity contribution in [2.24, 2.45) is 10.7 Å². The van der Waals surface area contributed by atoms with Gasteiger partial charge in [-0.1, -0.05) is 6.07 Å². The molecule has 2 N–H and O–H groups in total. The number of nitrogens with zero attached hydrogens (tertiary/aromatic N) is 3. The van der Waals surface area contributed by atoms with Gasteiger partial charge in [0.25, 0.3) is 11.8 Å². The molecule has 1 fully saturated rings. The molecule has 1 unspecified atom stereocenters. The first-order valence-corrected chi connectivity index (χ1v) is 10.5. The number of pyridine rings is 1. The highest BCUT2D eigenvalue weighted by Gasteiger charge is 2.49. The molecular weight excluding hydrogens is 414 g/mol. The fourth-order valence-electron chi connectivity index (χ4n) is 4.36. The van der Waals surface area contributed by atoms with Crippen LogP contribution in [-0.4, -0.2) is 54.2 Å². The molecule has 0 spiro atoms. The number of amides is 1. The second-order valence-electron chi connectivity index (χ2n) is 8.36. The number of hydrogen-bond acceptors (Lipinski definition) is 5. The van der Waals surface area contributed by atoms with E-state index in [0.29, 0.717) is 23.4 Å². The molecule has 1 atom stereocenters. The molecule has 1 aromatic heterocycles. The number of rotatable bonds is 4. The van der Waals surface area contributed by atoms with Crippen molar-refractivity contribution in [2.75, 3.05) is 20.2 Å². The summed E-state index contributed by atoms with van der Waals surface area (Å²) in [5.74, 6) is -2.77. The molecule has 0 aliphatic carbocycles. The minimum absolute atomic E-state index is 0.0808. The van der Waals surface area contributed by atoms with Gasteiger partial charge in [0.15, 0.2) is 0 Å². The van der Waals surface area contributed by atoms with Crippen molar-refractivity contribution in [1.82, 2.24) is 9.88 Å². The van der Waals surface area contributed by atoms with Crippen LogP contribution in [0.25, 0.3) is 5.57 Å². The summed E-state index contributed by atoms with van der Waals surface area (Å²) in [4.78, 5) is 22.9. The molecule has 1 aromatic carbocycles. The number of benzene rings is 1. The van der Waals surface area contributed by atoms with E-state index in [4.69, 9.17) is 10.5 Å². The van der Waals surface area contributed by atoms with Gasteiger partial charge in [0.2, 0.25) is 0 Å². The Balaban J connectivity index is 1.65. The number of hydrogen-bond donors (Lipinski definition) is 1. The number of carbonyl (C=O) groups excluding carboxylic acids is 1. The van der Waals surface area contributed by atoms with Crippen LogP contribution in [0.5, 0.6) is 5.75 Å². The van der Waals surface area contributed by atoms with Crippen molar-refractivity contribution in [3.05, 3.63) is 64.1 Å². The first-order valence-electron chi connectivity index (χ1n) is 10.5. The van der Waals surface area contributed by atoms with Gasteiger partial charge in [-0.3, -0.25) is 14.8 Å². The number of carbonyl (C=O) groups is 1. The molecule has 0 bridgehead atoms. The highest BCUT2D eigenvalue weighted by Crippen LogP contribution is 2.39. The summed E-state index contributed by atoms with van der Waals surface area (Å²) >= 11 is 0. The predicted octanol–water partition coefficient (Wildman–Crippen LogP) is 3.53. The van der Waals surface area contributed by atoms with E-state index in [9.17, 15) is 13.6 Å². The number of nitrogens with two attached hydrogens (primary N) is 1. The third-order valence-electron chi connectivity index (χ3n) is 6.20. The summed E-state index contributed by atoms with van der Waals surface area (Å²) in [6, 6.07) is 4.99. The van der Waals surface area contributed by atoms with Crippen LogP contribution in [0.15, 0.2) is 35.6 Å². The number of alkyl halides is 2. The lowest BCUT2D eigenvalue weighted by Gasteiger charge is -2.20. The van der Waals surface area contributed by atoms with E-state index in [0.717, 1.165) is 27.8 Å². The van der Waals surface area contributed by atoms with E-state index in [1.165, 1.54) is 11.1 Å². The molecule has 1 amide bonds. The lowest BCUT2D eigenvalue weighted by molar-refractivity contribution is 0.0113. The molecule has 32 heavy (non-hydrogen) atoms. The van der Waals surface area contributed by atoms with E-state index in [-0.39, 0.29) is 13.0 Å². The average molecular weight is 440 g/mol. The van der Waals surface area contributed by atoms with Crippen molar-refractivity contribution in [2.45, 2.75) is 38.7 Å². The third kappa shape index (κ3) is 3.97. The van der Waals surface area contributed by atoms with Crippen LogP contribution >= 0.6 is 0 Å². The highest BCUT2D eigenvalue weighted by molar-refractivity contribution is 6.08. The second kappa shape index (κ2) is 8.33. The number of aliphatic imine (C=N–C) groups is 1. The summed E-state index contributed by atoms with van der Waals surface area (Å²) in [6.45, 7) is 3.40. The lowest BCUT2D eigenvalue weighted by atomic mass is 9.93. The maximum absolute atomic E-state index is 13.9. The van der Waals surface area contributed by atoms with Crippen LogP contribution in [0.1, 0.15) is 44.7 Å². The summed E-state index contributed by atoms with van der Waals surface area (Å²) < 4.78 is 33.7. The molecule has 2 aromatic rings. The summed E-state index contributed by atoms with van der Waals surface area (Å²) in [5.41, 5.74) is 11.2. The van der Waals surface area contributed by atoms with E-state index < -0.39 is 24.4 Å². The van der Waals surface area contributed by atoms with Crippen molar-refractivity contribution in [1.29, 1.82) is 0 Å². The number of halogens is 2. The second-order valence-corrected chi connectivity index (χ2v) is 8.36. The number of ether oxygens (including phenoxy) is 1. The normalized spacial score (nSPS) is 20.2. The summed E-state index contributed by atoms with van der Waals surface area (Å²) in [7, 11) is 1.66. The molecular formula is C24H26F2N4O2. The van der Waals surface area contributed by atoms with Crippen LogP contribution < -0.4 is 10.5 Å². The van der Waals surface area contributed by atoms with Crippen LogP contribution in [0.3, 0.4) is 0 Å². The first kappa shape index (κ1) is 21.9. The molecule has 168 valence electrons. The smallest absolute Gasteiger partial charge is 0.267 e. The third-order valence-corrected chi connectivity index (χ3v) is 6.20. The van der Waals surface area contributed by atoms with E-state index in [1.807, 2.05) is 26.0 Å². The molecule has 8 heteroatoms. The Bertz CT molecular complexity index is 1110. The lowest BCUT2D eigenvalue weighted by Crippen LogP contribution is -2.37. The summed E-state index contributed by atoms with van der Waals surface area (Å²) in [6.07, 6.45) is 5.04. The largest absolute Gasteiger partial charge is 0.490 e. The van der Waals surface area contributed by atoms with Crippen molar-refractivity contribution in [3.8, 4) is 5.75 Å². The van der Waals surface area contributed by atoms with Gasteiger partial charge >= 0.3 is 0 Å². The highest BCUT2D eigenvalue weighted by atomic mass is 19.3. The molecule has 2 aliphatic rings. The van der Waals surface area contributed by atoms with Crippen LogP contribution in [0.4, 0.5) is 8.78 Å². The van der Waals surface area contributed by atoms with Crippen molar-refractivity contribution < 1.29 is 18.3 Å². The monoisotopic (exact) mass is 440 g/mol. The molecule has 6 nitrogen and oxygen atoms in total. The van der Waals surface area contributed by atoms with Gasteiger partial charge < -0.3 is 15.4 Å². The van der Waals surface area contributed by atoms with Gasteiger partial charge in [0.05, 0.1) is 23.8 Å². The zero-order chi connectivity index (χ0) is 23.0. The quantitative estimate of drug-likeness (QED) is 0.738. The van der Waals surface area contributed by atoms with Gasteiger partial charge in [-0.2, -0.15) is 0 Å². The predicted molar refractivity (Wildman–Crippen MR) is 119 cm³/mol. The van der Waals surface area contributed by atoms with E-state index in [2.05, 4.69) is 9.98 Å². The first-order chi connectivity index (χ1) is 15.2. The maximum atomic E-state index is 13.9. The fourth-order valence-corrected chi connectivity index (χ4v) is 4.36. The van der Waals surface area contributed by atoms with Crippen LogP contribution in [0.2, 0.25) is 0 Å². The molecule has 1 saturated heterocycles. The molecule has 4 rings (SSSR count). The topological polar surface area (TPSA) is 80.8 Å². The van der Waals surface area contributed by atoms with Crippen LogP contribution in [-0.2, 0) is 6.42 Å². The zero-order valence-electron chi connectivity index (χ0n) is 18.4. The standard InChI is InChI=1S/C24H26F2N4O2/c1-14-15(2)22-20(23(31)30-13-24(25,26)8-19(30)12-32-22)7-17(14)6-16-4-5-21(29-10-16)18(9-27)11-28-3/h4-5,7,9-11,19H,6,8,12-13,27H2,1-3H3/b18-9+,28-11?. The van der Waals surface area contributed by atoms with E-state index >= 15 is 0 Å². The Hall–Kier alpha value is -3.29. The fraction of sp³-hybridized carbons (Fsp3) is 0.375. The Morgan fingerprint density at radius 3 is 2.81 bits per heavy atom.